The lowest BCUT2D eigenvalue weighted by molar-refractivity contribution is -0.120. The van der Waals surface area contributed by atoms with Gasteiger partial charge in [-0.3, -0.25) is 4.79 Å². The predicted molar refractivity (Wildman–Crippen MR) is 66.0 cm³/mol. The highest BCUT2D eigenvalue weighted by Crippen LogP contribution is 2.22. The van der Waals surface area contributed by atoms with E-state index in [9.17, 15) is 4.79 Å². The van der Waals surface area contributed by atoms with Crippen LogP contribution >= 0.6 is 0 Å². The van der Waals surface area contributed by atoms with Crippen molar-refractivity contribution in [1.82, 2.24) is 10.2 Å². The molecule has 0 bridgehead atoms. The molecule has 16 heavy (non-hydrogen) atoms. The molecule has 3 N–H and O–H groups in total. The molecule has 0 aromatic heterocycles. The monoisotopic (exact) mass is 227 g/mol. The molecule has 4 nitrogen and oxygen atoms in total. The first-order valence-electron chi connectivity index (χ1n) is 6.29. The van der Waals surface area contributed by atoms with Crippen molar-refractivity contribution in [1.29, 1.82) is 0 Å². The SMILES string of the molecule is CCNC(CN1CCC(C)C(C)C1)C(N)=O. The number of piperidine rings is 1. The summed E-state index contributed by atoms with van der Waals surface area (Å²) >= 11 is 0. The van der Waals surface area contributed by atoms with Gasteiger partial charge in [-0.2, -0.15) is 0 Å². The van der Waals surface area contributed by atoms with E-state index in [1.54, 1.807) is 0 Å². The highest BCUT2D eigenvalue weighted by atomic mass is 16.1. The van der Waals surface area contributed by atoms with E-state index in [0.29, 0.717) is 5.92 Å². The van der Waals surface area contributed by atoms with Crippen molar-refractivity contribution in [3.8, 4) is 0 Å². The molecule has 0 radical (unpaired) electrons. The van der Waals surface area contributed by atoms with Gasteiger partial charge < -0.3 is 16.0 Å². The molecule has 1 heterocycles. The normalized spacial score (nSPS) is 28.9. The second kappa shape index (κ2) is 6.21. The third-order valence-corrected chi connectivity index (χ3v) is 3.65. The van der Waals surface area contributed by atoms with Crippen LogP contribution in [0.5, 0.6) is 0 Å². The molecule has 1 amide bonds. The Labute approximate surface area is 98.6 Å². The van der Waals surface area contributed by atoms with Crippen LogP contribution in [0.15, 0.2) is 0 Å². The van der Waals surface area contributed by atoms with Crippen molar-refractivity contribution in [3.63, 3.8) is 0 Å². The minimum Gasteiger partial charge on any atom is -0.368 e. The Morgan fingerprint density at radius 1 is 1.50 bits per heavy atom. The molecule has 1 saturated heterocycles. The van der Waals surface area contributed by atoms with Gasteiger partial charge in [0.1, 0.15) is 0 Å². The summed E-state index contributed by atoms with van der Waals surface area (Å²) in [5.41, 5.74) is 5.37. The summed E-state index contributed by atoms with van der Waals surface area (Å²) < 4.78 is 0. The number of carbonyl (C=O) groups excluding carboxylic acids is 1. The number of rotatable bonds is 5. The molecule has 3 unspecified atom stereocenters. The molecule has 4 heteroatoms. The summed E-state index contributed by atoms with van der Waals surface area (Å²) in [6.07, 6.45) is 1.22. The smallest absolute Gasteiger partial charge is 0.235 e. The van der Waals surface area contributed by atoms with E-state index in [1.165, 1.54) is 6.42 Å². The lowest BCUT2D eigenvalue weighted by Gasteiger charge is -2.36. The highest BCUT2D eigenvalue weighted by Gasteiger charge is 2.25. The fraction of sp³-hybridized carbons (Fsp3) is 0.917. The van der Waals surface area contributed by atoms with Crippen molar-refractivity contribution in [2.24, 2.45) is 17.6 Å². The van der Waals surface area contributed by atoms with Crippen LogP contribution in [0.25, 0.3) is 0 Å². The number of hydrogen-bond acceptors (Lipinski definition) is 3. The number of nitrogens with two attached hydrogens (primary N) is 1. The van der Waals surface area contributed by atoms with E-state index in [0.717, 1.165) is 32.1 Å². The first kappa shape index (κ1) is 13.5. The molecule has 1 aliphatic heterocycles. The average Bonchev–Trinajstić information content (AvgIpc) is 2.22. The molecule has 1 rings (SSSR count). The fourth-order valence-electron chi connectivity index (χ4n) is 2.27. The number of nitrogens with one attached hydrogen (secondary N) is 1. The second-order valence-corrected chi connectivity index (χ2v) is 5.02. The number of amides is 1. The standard InChI is InChI=1S/C12H25N3O/c1-4-14-11(12(13)16)8-15-6-5-9(2)10(3)7-15/h9-11,14H,4-8H2,1-3H3,(H2,13,16). The van der Waals surface area contributed by atoms with E-state index in [-0.39, 0.29) is 11.9 Å². The zero-order valence-electron chi connectivity index (χ0n) is 10.7. The third kappa shape index (κ3) is 3.76. The largest absolute Gasteiger partial charge is 0.368 e. The summed E-state index contributed by atoms with van der Waals surface area (Å²) in [7, 11) is 0. The van der Waals surface area contributed by atoms with Crippen LogP contribution in [-0.4, -0.2) is 43.0 Å². The lowest BCUT2D eigenvalue weighted by atomic mass is 9.88. The maximum atomic E-state index is 11.2. The number of primary amides is 1. The molecular weight excluding hydrogens is 202 g/mol. The van der Waals surface area contributed by atoms with Crippen LogP contribution in [0.4, 0.5) is 0 Å². The number of nitrogens with zero attached hydrogens (tertiary/aromatic N) is 1. The van der Waals surface area contributed by atoms with Crippen LogP contribution in [0.1, 0.15) is 27.2 Å². The van der Waals surface area contributed by atoms with Crippen LogP contribution in [0.3, 0.4) is 0 Å². The molecule has 0 aromatic rings. The van der Waals surface area contributed by atoms with Crippen molar-refractivity contribution in [2.45, 2.75) is 33.2 Å². The summed E-state index contributed by atoms with van der Waals surface area (Å²) in [6.45, 7) is 10.3. The van der Waals surface area contributed by atoms with Crippen LogP contribution in [0.2, 0.25) is 0 Å². The summed E-state index contributed by atoms with van der Waals surface area (Å²) in [5, 5.41) is 3.14. The van der Waals surface area contributed by atoms with Gasteiger partial charge in [0.05, 0.1) is 6.04 Å². The first-order valence-corrected chi connectivity index (χ1v) is 6.29. The Morgan fingerprint density at radius 3 is 2.69 bits per heavy atom. The van der Waals surface area contributed by atoms with Gasteiger partial charge in [-0.05, 0) is 31.3 Å². The van der Waals surface area contributed by atoms with E-state index < -0.39 is 0 Å². The Bertz CT molecular complexity index is 232. The molecule has 1 aliphatic rings. The van der Waals surface area contributed by atoms with Gasteiger partial charge in [-0.25, -0.2) is 0 Å². The fourth-order valence-corrected chi connectivity index (χ4v) is 2.27. The van der Waals surface area contributed by atoms with Gasteiger partial charge in [0.15, 0.2) is 0 Å². The number of likely N-dealkylation sites (N-methyl/N-ethyl adjacent to an activating group) is 1. The van der Waals surface area contributed by atoms with E-state index >= 15 is 0 Å². The zero-order chi connectivity index (χ0) is 12.1. The van der Waals surface area contributed by atoms with Gasteiger partial charge in [-0.15, -0.1) is 0 Å². The van der Waals surface area contributed by atoms with Crippen molar-refractivity contribution in [2.75, 3.05) is 26.2 Å². The minimum absolute atomic E-state index is 0.203. The Balaban J connectivity index is 2.43. The molecule has 0 spiro atoms. The molecule has 1 fully saturated rings. The van der Waals surface area contributed by atoms with Gasteiger partial charge >= 0.3 is 0 Å². The molecular formula is C12H25N3O. The third-order valence-electron chi connectivity index (χ3n) is 3.65. The average molecular weight is 227 g/mol. The van der Waals surface area contributed by atoms with Gasteiger partial charge in [0.25, 0.3) is 0 Å². The zero-order valence-corrected chi connectivity index (χ0v) is 10.7. The summed E-state index contributed by atoms with van der Waals surface area (Å²) in [5.74, 6) is 1.26. The Hall–Kier alpha value is -0.610. The number of likely N-dealkylation sites (tertiary alicyclic amines) is 1. The van der Waals surface area contributed by atoms with Crippen LogP contribution < -0.4 is 11.1 Å². The Morgan fingerprint density at radius 2 is 2.19 bits per heavy atom. The topological polar surface area (TPSA) is 58.4 Å². The lowest BCUT2D eigenvalue weighted by Crippen LogP contribution is -2.51. The number of carbonyl (C=O) groups is 1. The van der Waals surface area contributed by atoms with Crippen molar-refractivity contribution in [3.05, 3.63) is 0 Å². The molecule has 0 saturated carbocycles. The quantitative estimate of drug-likeness (QED) is 0.716. The Kier molecular flexibility index (Phi) is 5.22. The van der Waals surface area contributed by atoms with E-state index in [1.807, 2.05) is 6.92 Å². The second-order valence-electron chi connectivity index (χ2n) is 5.02. The van der Waals surface area contributed by atoms with Crippen LogP contribution in [-0.2, 0) is 4.79 Å². The first-order chi connectivity index (χ1) is 7.54. The van der Waals surface area contributed by atoms with E-state index in [4.69, 9.17) is 5.73 Å². The summed E-state index contributed by atoms with van der Waals surface area (Å²) in [6, 6.07) is -0.203. The maximum absolute atomic E-state index is 11.2. The van der Waals surface area contributed by atoms with Crippen molar-refractivity contribution >= 4 is 5.91 Å². The molecule has 94 valence electrons. The highest BCUT2D eigenvalue weighted by molar-refractivity contribution is 5.80. The summed E-state index contributed by atoms with van der Waals surface area (Å²) in [4.78, 5) is 13.6. The van der Waals surface area contributed by atoms with E-state index in [2.05, 4.69) is 24.1 Å². The maximum Gasteiger partial charge on any atom is 0.235 e. The number of hydrogen-bond donors (Lipinski definition) is 2. The molecule has 0 aromatic carbocycles. The van der Waals surface area contributed by atoms with Crippen molar-refractivity contribution < 1.29 is 4.79 Å². The predicted octanol–water partition coefficient (Wildman–Crippen LogP) is 0.428. The minimum atomic E-state index is -0.242. The molecule has 0 aliphatic carbocycles. The molecule has 3 atom stereocenters. The van der Waals surface area contributed by atoms with Crippen LogP contribution in [0, 0.1) is 11.8 Å². The van der Waals surface area contributed by atoms with Gasteiger partial charge in [-0.1, -0.05) is 20.8 Å². The van der Waals surface area contributed by atoms with Gasteiger partial charge in [0, 0.05) is 13.1 Å². The van der Waals surface area contributed by atoms with Gasteiger partial charge in [0.2, 0.25) is 5.91 Å².